The Morgan fingerprint density at radius 3 is 2.48 bits per heavy atom. The first kappa shape index (κ1) is 20.6. The third-order valence-electron chi connectivity index (χ3n) is 4.70. The topological polar surface area (TPSA) is 50.8 Å². The van der Waals surface area contributed by atoms with Gasteiger partial charge in [0.1, 0.15) is 18.1 Å². The van der Waals surface area contributed by atoms with E-state index in [2.05, 4.69) is 5.32 Å². The Morgan fingerprint density at radius 2 is 1.77 bits per heavy atom. The number of nitrogens with zero attached hydrogens (tertiary/aromatic N) is 1. The first-order valence-electron chi connectivity index (χ1n) is 9.52. The number of ether oxygens (including phenoxy) is 2. The van der Waals surface area contributed by atoms with Crippen molar-refractivity contribution in [2.24, 2.45) is 0 Å². The summed E-state index contributed by atoms with van der Waals surface area (Å²) in [5.74, 6) is 0.447. The normalized spacial score (nSPS) is 14.6. The lowest BCUT2D eigenvalue weighted by Gasteiger charge is -2.13. The summed E-state index contributed by atoms with van der Waals surface area (Å²) in [7, 11) is 1.56. The monoisotopic (exact) mass is 434 g/mol. The van der Waals surface area contributed by atoms with Crippen molar-refractivity contribution in [3.8, 4) is 11.5 Å². The number of carbonyl (C=O) groups is 1. The van der Waals surface area contributed by atoms with Gasteiger partial charge in [0, 0.05) is 0 Å². The fourth-order valence-electron chi connectivity index (χ4n) is 3.15. The molecule has 3 aromatic carbocycles. The van der Waals surface area contributed by atoms with E-state index < -0.39 is 0 Å². The van der Waals surface area contributed by atoms with Crippen molar-refractivity contribution in [1.29, 1.82) is 0 Å². The number of anilines is 1. The summed E-state index contributed by atoms with van der Waals surface area (Å²) in [5.41, 5.74) is 2.60. The SMILES string of the molecule is COc1cc(/C=C2/NC(=S)N(c3ccc(F)cc3)C2=O)ccc1OCc1ccccc1. The van der Waals surface area contributed by atoms with Gasteiger partial charge in [-0.1, -0.05) is 36.4 Å². The molecule has 156 valence electrons. The van der Waals surface area contributed by atoms with Gasteiger partial charge in [-0.3, -0.25) is 9.69 Å². The minimum atomic E-state index is -0.383. The molecule has 1 heterocycles. The fraction of sp³-hybridized carbons (Fsp3) is 0.0833. The highest BCUT2D eigenvalue weighted by molar-refractivity contribution is 7.80. The maximum Gasteiger partial charge on any atom is 0.281 e. The number of rotatable bonds is 6. The van der Waals surface area contributed by atoms with Crippen LogP contribution in [0.2, 0.25) is 0 Å². The van der Waals surface area contributed by atoms with Crippen LogP contribution in [-0.4, -0.2) is 18.1 Å². The van der Waals surface area contributed by atoms with E-state index in [0.29, 0.717) is 29.5 Å². The van der Waals surface area contributed by atoms with E-state index in [4.69, 9.17) is 21.7 Å². The number of carbonyl (C=O) groups excluding carboxylic acids is 1. The van der Waals surface area contributed by atoms with Gasteiger partial charge in [-0.2, -0.15) is 0 Å². The first-order valence-corrected chi connectivity index (χ1v) is 9.93. The number of hydrogen-bond acceptors (Lipinski definition) is 4. The van der Waals surface area contributed by atoms with Gasteiger partial charge in [-0.25, -0.2) is 4.39 Å². The van der Waals surface area contributed by atoms with Gasteiger partial charge in [-0.05, 0) is 65.8 Å². The number of thiocarbonyl (C=S) groups is 1. The lowest BCUT2D eigenvalue weighted by molar-refractivity contribution is -0.113. The molecule has 1 amide bonds. The highest BCUT2D eigenvalue weighted by Gasteiger charge is 2.32. The number of benzene rings is 3. The zero-order valence-corrected chi connectivity index (χ0v) is 17.5. The van der Waals surface area contributed by atoms with E-state index >= 15 is 0 Å². The molecule has 31 heavy (non-hydrogen) atoms. The third-order valence-corrected chi connectivity index (χ3v) is 4.98. The molecule has 3 aromatic rings. The van der Waals surface area contributed by atoms with Crippen LogP contribution >= 0.6 is 12.2 Å². The Labute approximate surface area is 184 Å². The molecule has 5 nitrogen and oxygen atoms in total. The van der Waals surface area contributed by atoms with Crippen molar-refractivity contribution in [3.05, 3.63) is 95.4 Å². The molecule has 1 saturated heterocycles. The van der Waals surface area contributed by atoms with Gasteiger partial charge in [0.25, 0.3) is 5.91 Å². The highest BCUT2D eigenvalue weighted by atomic mass is 32.1. The van der Waals surface area contributed by atoms with Crippen LogP contribution in [-0.2, 0) is 11.4 Å². The average molecular weight is 434 g/mol. The molecule has 4 rings (SSSR count). The molecule has 1 aliphatic rings. The Balaban J connectivity index is 1.53. The first-order chi connectivity index (χ1) is 15.0. The molecular formula is C24H19FN2O3S. The van der Waals surface area contributed by atoms with Crippen LogP contribution in [0.15, 0.2) is 78.5 Å². The fourth-order valence-corrected chi connectivity index (χ4v) is 3.45. The molecule has 1 N–H and O–H groups in total. The predicted octanol–water partition coefficient (Wildman–Crippen LogP) is 4.68. The largest absolute Gasteiger partial charge is 0.493 e. The molecule has 0 aliphatic carbocycles. The summed E-state index contributed by atoms with van der Waals surface area (Å²) in [6, 6.07) is 20.8. The minimum Gasteiger partial charge on any atom is -0.493 e. The number of hydrogen-bond donors (Lipinski definition) is 1. The smallest absolute Gasteiger partial charge is 0.281 e. The predicted molar refractivity (Wildman–Crippen MR) is 121 cm³/mol. The van der Waals surface area contributed by atoms with Crippen LogP contribution in [0.5, 0.6) is 11.5 Å². The van der Waals surface area contributed by atoms with Crippen LogP contribution in [0.4, 0.5) is 10.1 Å². The van der Waals surface area contributed by atoms with Crippen LogP contribution < -0.4 is 19.7 Å². The lowest BCUT2D eigenvalue weighted by atomic mass is 10.1. The van der Waals surface area contributed by atoms with Crippen LogP contribution in [0.3, 0.4) is 0 Å². The Hall–Kier alpha value is -3.71. The molecule has 0 bridgehead atoms. The van der Waals surface area contributed by atoms with E-state index in [1.54, 1.807) is 25.3 Å². The number of nitrogens with one attached hydrogen (secondary N) is 1. The van der Waals surface area contributed by atoms with E-state index in [-0.39, 0.29) is 16.8 Å². The summed E-state index contributed by atoms with van der Waals surface area (Å²) >= 11 is 5.29. The quantitative estimate of drug-likeness (QED) is 0.451. The van der Waals surface area contributed by atoms with Crippen LogP contribution in [0, 0.1) is 5.82 Å². The third kappa shape index (κ3) is 4.57. The molecule has 0 aromatic heterocycles. The van der Waals surface area contributed by atoms with Gasteiger partial charge in [0.05, 0.1) is 12.8 Å². The molecule has 1 fully saturated rings. The summed E-state index contributed by atoms with van der Waals surface area (Å²) < 4.78 is 24.5. The Bertz CT molecular complexity index is 1150. The van der Waals surface area contributed by atoms with Crippen molar-refractivity contribution >= 4 is 35.0 Å². The lowest BCUT2D eigenvalue weighted by Crippen LogP contribution is -2.30. The molecular weight excluding hydrogens is 415 g/mol. The summed E-state index contributed by atoms with van der Waals surface area (Å²) in [6.07, 6.45) is 1.68. The van der Waals surface area contributed by atoms with Gasteiger partial charge in [0.15, 0.2) is 16.6 Å². The molecule has 0 unspecified atom stereocenters. The second-order valence-corrected chi connectivity index (χ2v) is 7.18. The summed E-state index contributed by atoms with van der Waals surface area (Å²) in [5, 5.41) is 3.15. The second kappa shape index (κ2) is 8.97. The number of halogens is 1. The maximum absolute atomic E-state index is 13.2. The molecule has 0 radical (unpaired) electrons. The highest BCUT2D eigenvalue weighted by Crippen LogP contribution is 2.30. The van der Waals surface area contributed by atoms with Gasteiger partial charge >= 0.3 is 0 Å². The number of methoxy groups -OCH3 is 1. The van der Waals surface area contributed by atoms with E-state index in [1.807, 2.05) is 36.4 Å². The van der Waals surface area contributed by atoms with Gasteiger partial charge < -0.3 is 14.8 Å². The van der Waals surface area contributed by atoms with Gasteiger partial charge in [0.2, 0.25) is 0 Å². The standard InChI is InChI=1S/C24H19FN2O3S/c1-29-22-14-17(7-12-21(22)30-15-16-5-3-2-4-6-16)13-20-23(28)27(24(31)26-20)19-10-8-18(25)9-11-19/h2-14H,15H2,1H3,(H,26,31)/b20-13+. The zero-order valence-electron chi connectivity index (χ0n) is 16.7. The van der Waals surface area contributed by atoms with Crippen molar-refractivity contribution in [2.75, 3.05) is 12.0 Å². The van der Waals surface area contributed by atoms with Crippen molar-refractivity contribution in [1.82, 2.24) is 5.32 Å². The van der Waals surface area contributed by atoms with E-state index in [9.17, 15) is 9.18 Å². The maximum atomic E-state index is 13.2. The molecule has 0 spiro atoms. The summed E-state index contributed by atoms with van der Waals surface area (Å²) in [6.45, 7) is 0.415. The van der Waals surface area contributed by atoms with Gasteiger partial charge in [-0.15, -0.1) is 0 Å². The zero-order chi connectivity index (χ0) is 21.8. The van der Waals surface area contributed by atoms with E-state index in [0.717, 1.165) is 11.1 Å². The van der Waals surface area contributed by atoms with Crippen molar-refractivity contribution in [3.63, 3.8) is 0 Å². The Kier molecular flexibility index (Phi) is 5.95. The minimum absolute atomic E-state index is 0.234. The van der Waals surface area contributed by atoms with Crippen LogP contribution in [0.25, 0.3) is 6.08 Å². The molecule has 0 atom stereocenters. The number of amides is 1. The molecule has 0 saturated carbocycles. The van der Waals surface area contributed by atoms with Crippen molar-refractivity contribution in [2.45, 2.75) is 6.61 Å². The second-order valence-electron chi connectivity index (χ2n) is 6.79. The summed E-state index contributed by atoms with van der Waals surface area (Å²) in [4.78, 5) is 14.2. The van der Waals surface area contributed by atoms with E-state index in [1.165, 1.54) is 29.2 Å². The van der Waals surface area contributed by atoms with Crippen LogP contribution in [0.1, 0.15) is 11.1 Å². The van der Waals surface area contributed by atoms with Crippen molar-refractivity contribution < 1.29 is 18.7 Å². The Morgan fingerprint density at radius 1 is 1.03 bits per heavy atom. The molecule has 7 heteroatoms. The molecule has 1 aliphatic heterocycles. The average Bonchev–Trinajstić information content (AvgIpc) is 3.07.